The molecule has 0 radical (unpaired) electrons. The molecule has 4 amide bonds. The molecular weight excluding hydrogens is 453 g/mol. The number of nitrogens with one attached hydrogen (secondary N) is 2. The molecule has 2 heterocycles. The number of halogens is 3. The van der Waals surface area contributed by atoms with Gasteiger partial charge in [0, 0.05) is 10.4 Å². The van der Waals surface area contributed by atoms with Crippen LogP contribution in [-0.4, -0.2) is 29.3 Å². The molecule has 0 spiro atoms. The van der Waals surface area contributed by atoms with Gasteiger partial charge in [-0.05, 0) is 31.2 Å². The first-order chi connectivity index (χ1) is 14.2. The number of hydrogen-bond acceptors (Lipinski definition) is 4. The fourth-order valence-electron chi connectivity index (χ4n) is 3.22. The molecule has 1 atom stereocenters. The maximum absolute atomic E-state index is 13.0. The van der Waals surface area contributed by atoms with Crippen LogP contribution < -0.4 is 10.6 Å². The van der Waals surface area contributed by atoms with Gasteiger partial charge in [-0.25, -0.2) is 4.79 Å². The van der Waals surface area contributed by atoms with Crippen LogP contribution in [0.5, 0.6) is 0 Å². The second-order valence-corrected chi connectivity index (χ2v) is 8.14. The van der Waals surface area contributed by atoms with Crippen LogP contribution in [0.3, 0.4) is 0 Å². The van der Waals surface area contributed by atoms with E-state index < -0.39 is 29.9 Å². The minimum atomic E-state index is -1.44. The molecule has 0 saturated carbocycles. The van der Waals surface area contributed by atoms with Crippen LogP contribution in [-0.2, 0) is 15.1 Å². The van der Waals surface area contributed by atoms with E-state index in [1.165, 1.54) is 19.1 Å². The van der Waals surface area contributed by atoms with Gasteiger partial charge in [0.15, 0.2) is 5.54 Å². The van der Waals surface area contributed by atoms with E-state index in [1.807, 2.05) is 12.1 Å². The van der Waals surface area contributed by atoms with Crippen LogP contribution in [0.4, 0.5) is 10.5 Å². The monoisotopic (exact) mass is 465 g/mol. The number of urea groups is 1. The molecular formula is C20H14Cl3N3O4. The average molecular weight is 467 g/mol. The van der Waals surface area contributed by atoms with Gasteiger partial charge in [0.25, 0.3) is 5.91 Å². The maximum atomic E-state index is 13.0. The molecule has 2 N–H and O–H groups in total. The van der Waals surface area contributed by atoms with Crippen molar-refractivity contribution in [2.24, 2.45) is 0 Å². The van der Waals surface area contributed by atoms with Crippen LogP contribution >= 0.6 is 34.8 Å². The number of hydrogen-bond donors (Lipinski definition) is 2. The van der Waals surface area contributed by atoms with Crippen molar-refractivity contribution < 1.29 is 18.8 Å². The molecule has 0 bridgehead atoms. The third-order valence-corrected chi connectivity index (χ3v) is 5.58. The molecule has 1 aliphatic heterocycles. The molecule has 154 valence electrons. The van der Waals surface area contributed by atoms with E-state index >= 15 is 0 Å². The molecule has 3 aromatic rings. The van der Waals surface area contributed by atoms with E-state index in [1.54, 1.807) is 18.2 Å². The van der Waals surface area contributed by atoms with E-state index in [2.05, 4.69) is 10.6 Å². The first-order valence-electron chi connectivity index (χ1n) is 8.76. The lowest BCUT2D eigenvalue weighted by atomic mass is 9.99. The molecule has 0 aliphatic carbocycles. The zero-order valence-electron chi connectivity index (χ0n) is 15.5. The van der Waals surface area contributed by atoms with E-state index in [0.29, 0.717) is 10.6 Å². The fourth-order valence-corrected chi connectivity index (χ4v) is 4.13. The number of amides is 4. The van der Waals surface area contributed by atoms with Crippen LogP contribution in [0.15, 0.2) is 46.9 Å². The van der Waals surface area contributed by atoms with Gasteiger partial charge in [-0.3, -0.25) is 14.5 Å². The Morgan fingerprint density at radius 1 is 1.13 bits per heavy atom. The van der Waals surface area contributed by atoms with Crippen molar-refractivity contribution in [3.8, 4) is 0 Å². The zero-order valence-corrected chi connectivity index (χ0v) is 17.7. The number of fused-ring (bicyclic) bond motifs is 1. The number of rotatable bonds is 4. The van der Waals surface area contributed by atoms with Crippen LogP contribution in [0.2, 0.25) is 15.1 Å². The van der Waals surface area contributed by atoms with E-state index in [4.69, 9.17) is 39.2 Å². The second kappa shape index (κ2) is 7.50. The molecule has 10 heteroatoms. The summed E-state index contributed by atoms with van der Waals surface area (Å²) in [4.78, 5) is 38.8. The Kier molecular flexibility index (Phi) is 5.13. The SMILES string of the molecule is CC1(c2cc3ccccc3o2)NC(=O)N(CC(=O)Nc2c(Cl)cc(Cl)cc2Cl)C1=O. The Bertz CT molecular complexity index is 1150. The number of para-hydroxylation sites is 1. The summed E-state index contributed by atoms with van der Waals surface area (Å²) in [7, 11) is 0. The Labute approximate surface area is 185 Å². The van der Waals surface area contributed by atoms with Crippen molar-refractivity contribution in [2.45, 2.75) is 12.5 Å². The van der Waals surface area contributed by atoms with Gasteiger partial charge in [-0.1, -0.05) is 53.0 Å². The molecule has 2 aromatic carbocycles. The third kappa shape index (κ3) is 3.49. The lowest BCUT2D eigenvalue weighted by molar-refractivity contribution is -0.134. The summed E-state index contributed by atoms with van der Waals surface area (Å²) in [5, 5.41) is 6.46. The second-order valence-electron chi connectivity index (χ2n) is 6.89. The fraction of sp³-hybridized carbons (Fsp3) is 0.150. The van der Waals surface area contributed by atoms with Crippen LogP contribution in [0.1, 0.15) is 12.7 Å². The number of anilines is 1. The lowest BCUT2D eigenvalue weighted by Gasteiger charge is -2.19. The zero-order chi connectivity index (χ0) is 21.6. The highest BCUT2D eigenvalue weighted by Crippen LogP contribution is 2.35. The summed E-state index contributed by atoms with van der Waals surface area (Å²) in [6.07, 6.45) is 0. The summed E-state index contributed by atoms with van der Waals surface area (Å²) >= 11 is 18.0. The standard InChI is InChI=1S/C20H14Cl3N3O4/c1-20(15-6-10-4-2-3-5-14(10)30-15)18(28)26(19(29)25-20)9-16(27)24-17-12(22)7-11(21)8-13(17)23/h2-8H,9H2,1H3,(H,24,27)(H,25,29). The third-order valence-electron chi connectivity index (χ3n) is 4.77. The Balaban J connectivity index is 1.55. The van der Waals surface area contributed by atoms with Crippen molar-refractivity contribution >= 4 is 69.3 Å². The average Bonchev–Trinajstić information content (AvgIpc) is 3.21. The maximum Gasteiger partial charge on any atom is 0.325 e. The molecule has 1 saturated heterocycles. The van der Waals surface area contributed by atoms with Crippen molar-refractivity contribution in [3.05, 3.63) is 63.3 Å². The number of benzene rings is 2. The highest BCUT2D eigenvalue weighted by atomic mass is 35.5. The topological polar surface area (TPSA) is 91.7 Å². The largest absolute Gasteiger partial charge is 0.458 e. The first-order valence-corrected chi connectivity index (χ1v) is 9.90. The molecule has 1 fully saturated rings. The highest BCUT2D eigenvalue weighted by molar-refractivity contribution is 6.42. The van der Waals surface area contributed by atoms with Gasteiger partial charge in [0.1, 0.15) is 17.9 Å². The van der Waals surface area contributed by atoms with Gasteiger partial charge in [0.05, 0.1) is 15.7 Å². The summed E-state index contributed by atoms with van der Waals surface area (Å²) in [6, 6.07) is 11.0. The van der Waals surface area contributed by atoms with Gasteiger partial charge < -0.3 is 15.1 Å². The summed E-state index contributed by atoms with van der Waals surface area (Å²) in [5.74, 6) is -0.998. The minimum Gasteiger partial charge on any atom is -0.458 e. The number of imide groups is 1. The van der Waals surface area contributed by atoms with Crippen LogP contribution in [0, 0.1) is 0 Å². The predicted molar refractivity (Wildman–Crippen MR) is 114 cm³/mol. The number of carbonyl (C=O) groups is 3. The summed E-state index contributed by atoms with van der Waals surface area (Å²) in [5.41, 5.74) is -0.717. The number of carbonyl (C=O) groups excluding carboxylic acids is 3. The number of nitrogens with zero attached hydrogens (tertiary/aromatic N) is 1. The Morgan fingerprint density at radius 2 is 1.80 bits per heavy atom. The van der Waals surface area contributed by atoms with Crippen molar-refractivity contribution in [1.82, 2.24) is 10.2 Å². The first kappa shape index (κ1) is 20.5. The van der Waals surface area contributed by atoms with Gasteiger partial charge in [0.2, 0.25) is 5.91 Å². The molecule has 1 aliphatic rings. The Hall–Kier alpha value is -2.74. The van der Waals surface area contributed by atoms with E-state index in [9.17, 15) is 14.4 Å². The lowest BCUT2D eigenvalue weighted by Crippen LogP contribution is -2.41. The summed E-state index contributed by atoms with van der Waals surface area (Å²) in [6.45, 7) is 0.992. The number of furan rings is 1. The molecule has 4 rings (SSSR count). The molecule has 30 heavy (non-hydrogen) atoms. The van der Waals surface area contributed by atoms with E-state index in [-0.39, 0.29) is 21.5 Å². The van der Waals surface area contributed by atoms with E-state index in [0.717, 1.165) is 10.3 Å². The van der Waals surface area contributed by atoms with Gasteiger partial charge in [-0.15, -0.1) is 0 Å². The highest BCUT2D eigenvalue weighted by Gasteiger charge is 2.51. The normalized spacial score (nSPS) is 18.7. The summed E-state index contributed by atoms with van der Waals surface area (Å²) < 4.78 is 5.76. The van der Waals surface area contributed by atoms with Crippen molar-refractivity contribution in [2.75, 3.05) is 11.9 Å². The smallest absolute Gasteiger partial charge is 0.325 e. The molecule has 1 aromatic heterocycles. The van der Waals surface area contributed by atoms with Crippen molar-refractivity contribution in [3.63, 3.8) is 0 Å². The quantitative estimate of drug-likeness (QED) is 0.540. The minimum absolute atomic E-state index is 0.130. The van der Waals surface area contributed by atoms with Crippen molar-refractivity contribution in [1.29, 1.82) is 0 Å². The Morgan fingerprint density at radius 3 is 2.47 bits per heavy atom. The van der Waals surface area contributed by atoms with Gasteiger partial charge in [-0.2, -0.15) is 0 Å². The van der Waals surface area contributed by atoms with Crippen LogP contribution in [0.25, 0.3) is 11.0 Å². The molecule has 7 nitrogen and oxygen atoms in total. The predicted octanol–water partition coefficient (Wildman–Crippen LogP) is 4.80. The molecule has 1 unspecified atom stereocenters. The van der Waals surface area contributed by atoms with Gasteiger partial charge >= 0.3 is 6.03 Å².